The molecule has 1 aliphatic rings. The first-order valence-electron chi connectivity index (χ1n) is 9.73. The predicted octanol–water partition coefficient (Wildman–Crippen LogP) is 2.47. The van der Waals surface area contributed by atoms with Gasteiger partial charge in [0, 0.05) is 52.0 Å². The van der Waals surface area contributed by atoms with Crippen LogP contribution in [0.5, 0.6) is 0 Å². The highest BCUT2D eigenvalue weighted by Gasteiger charge is 2.24. The minimum Gasteiger partial charge on any atom is -0.355 e. The minimum atomic E-state index is -0.0533. The first kappa shape index (κ1) is 18.9. The van der Waals surface area contributed by atoms with Crippen molar-refractivity contribution in [1.29, 1.82) is 0 Å². The molecular weight excluding hydrogens is 364 g/mol. The van der Waals surface area contributed by atoms with Gasteiger partial charge < -0.3 is 14.7 Å². The fraction of sp³-hybridized carbons (Fsp3) is 0.273. The molecule has 3 heterocycles. The Morgan fingerprint density at radius 3 is 2.45 bits per heavy atom. The van der Waals surface area contributed by atoms with Gasteiger partial charge in [0.1, 0.15) is 23.7 Å². The monoisotopic (exact) mass is 388 g/mol. The Hall–Kier alpha value is -3.48. The summed E-state index contributed by atoms with van der Waals surface area (Å²) in [5.41, 5.74) is 1.62. The first-order valence-corrected chi connectivity index (χ1v) is 9.73. The summed E-state index contributed by atoms with van der Waals surface area (Å²) in [6.45, 7) is 3.53. The van der Waals surface area contributed by atoms with Gasteiger partial charge in [-0.25, -0.2) is 15.0 Å². The van der Waals surface area contributed by atoms with Crippen LogP contribution in [0.1, 0.15) is 16.1 Å². The number of piperazine rings is 1. The zero-order chi connectivity index (χ0) is 20.1. The molecule has 1 amide bonds. The van der Waals surface area contributed by atoms with Gasteiger partial charge in [-0.2, -0.15) is 0 Å². The summed E-state index contributed by atoms with van der Waals surface area (Å²) in [7, 11) is 1.97. The van der Waals surface area contributed by atoms with Crippen LogP contribution >= 0.6 is 0 Å². The molecule has 148 valence electrons. The van der Waals surface area contributed by atoms with Crippen molar-refractivity contribution in [1.82, 2.24) is 19.9 Å². The van der Waals surface area contributed by atoms with Gasteiger partial charge in [0.2, 0.25) is 0 Å². The number of hydrogen-bond acceptors (Lipinski definition) is 6. The van der Waals surface area contributed by atoms with Gasteiger partial charge in [-0.3, -0.25) is 4.79 Å². The average Bonchev–Trinajstić information content (AvgIpc) is 2.80. The molecule has 0 N–H and O–H groups in total. The van der Waals surface area contributed by atoms with Crippen molar-refractivity contribution < 1.29 is 4.79 Å². The highest BCUT2D eigenvalue weighted by atomic mass is 16.2. The molecule has 1 aromatic carbocycles. The third kappa shape index (κ3) is 4.51. The van der Waals surface area contributed by atoms with Crippen molar-refractivity contribution in [2.45, 2.75) is 6.54 Å². The van der Waals surface area contributed by atoms with Crippen LogP contribution in [0.15, 0.2) is 67.1 Å². The smallest absolute Gasteiger partial charge is 0.272 e. The molecule has 0 atom stereocenters. The van der Waals surface area contributed by atoms with E-state index in [2.05, 4.69) is 32.0 Å². The van der Waals surface area contributed by atoms with E-state index in [1.807, 2.05) is 53.2 Å². The van der Waals surface area contributed by atoms with E-state index in [0.29, 0.717) is 25.3 Å². The van der Waals surface area contributed by atoms with E-state index in [1.54, 1.807) is 12.3 Å². The van der Waals surface area contributed by atoms with Crippen LogP contribution in [-0.2, 0) is 6.54 Å². The van der Waals surface area contributed by atoms with Crippen LogP contribution in [0.3, 0.4) is 0 Å². The number of benzene rings is 1. The average molecular weight is 388 g/mol. The van der Waals surface area contributed by atoms with Gasteiger partial charge in [0.05, 0.1) is 0 Å². The molecule has 0 bridgehead atoms. The summed E-state index contributed by atoms with van der Waals surface area (Å²) < 4.78 is 0. The summed E-state index contributed by atoms with van der Waals surface area (Å²) in [5.74, 6) is 1.63. The van der Waals surface area contributed by atoms with E-state index in [4.69, 9.17) is 0 Å². The standard InChI is InChI=1S/C22H24N6O/c1-26(16-18-7-3-2-4-8-18)21-15-19(24-17-25-21)22(29)28-13-11-27(12-14-28)20-9-5-6-10-23-20/h2-10,15,17H,11-14,16H2,1H3. The molecule has 0 unspecified atom stereocenters. The lowest BCUT2D eigenvalue weighted by Crippen LogP contribution is -2.49. The van der Waals surface area contributed by atoms with Gasteiger partial charge >= 0.3 is 0 Å². The fourth-order valence-electron chi connectivity index (χ4n) is 3.45. The van der Waals surface area contributed by atoms with Crippen LogP contribution in [0.4, 0.5) is 11.6 Å². The van der Waals surface area contributed by atoms with Crippen molar-refractivity contribution in [3.8, 4) is 0 Å². The highest BCUT2D eigenvalue weighted by Crippen LogP contribution is 2.17. The molecule has 0 spiro atoms. The molecular formula is C22H24N6O. The SMILES string of the molecule is CN(Cc1ccccc1)c1cc(C(=O)N2CCN(c3ccccn3)CC2)ncn1. The molecule has 29 heavy (non-hydrogen) atoms. The molecule has 0 aliphatic carbocycles. The van der Waals surface area contributed by atoms with Crippen LogP contribution in [0.2, 0.25) is 0 Å². The summed E-state index contributed by atoms with van der Waals surface area (Å²) >= 11 is 0. The minimum absolute atomic E-state index is 0.0533. The van der Waals surface area contributed by atoms with Gasteiger partial charge in [0.15, 0.2) is 0 Å². The number of carbonyl (C=O) groups excluding carboxylic acids is 1. The van der Waals surface area contributed by atoms with Crippen molar-refractivity contribution in [2.24, 2.45) is 0 Å². The van der Waals surface area contributed by atoms with Gasteiger partial charge in [-0.05, 0) is 17.7 Å². The predicted molar refractivity (Wildman–Crippen MR) is 113 cm³/mol. The van der Waals surface area contributed by atoms with E-state index in [9.17, 15) is 4.79 Å². The number of pyridine rings is 1. The number of carbonyl (C=O) groups is 1. The van der Waals surface area contributed by atoms with Gasteiger partial charge in [0.25, 0.3) is 5.91 Å². The Balaban J connectivity index is 1.40. The molecule has 0 radical (unpaired) electrons. The maximum atomic E-state index is 13.0. The number of nitrogens with zero attached hydrogens (tertiary/aromatic N) is 6. The van der Waals surface area contributed by atoms with E-state index >= 15 is 0 Å². The molecule has 1 fully saturated rings. The Morgan fingerprint density at radius 2 is 1.72 bits per heavy atom. The first-order chi connectivity index (χ1) is 14.2. The molecule has 7 heteroatoms. The third-order valence-electron chi connectivity index (χ3n) is 5.07. The van der Waals surface area contributed by atoms with Crippen molar-refractivity contribution in [3.05, 3.63) is 78.4 Å². The van der Waals surface area contributed by atoms with Crippen LogP contribution in [0.25, 0.3) is 0 Å². The molecule has 7 nitrogen and oxygen atoms in total. The number of aromatic nitrogens is 3. The molecule has 1 aliphatic heterocycles. The number of anilines is 2. The number of amides is 1. The Kier molecular flexibility index (Phi) is 5.65. The topological polar surface area (TPSA) is 65.5 Å². The van der Waals surface area contributed by atoms with E-state index < -0.39 is 0 Å². The molecule has 2 aromatic heterocycles. The highest BCUT2D eigenvalue weighted by molar-refractivity contribution is 5.93. The van der Waals surface area contributed by atoms with Gasteiger partial charge in [-0.15, -0.1) is 0 Å². The van der Waals surface area contributed by atoms with Crippen LogP contribution in [0, 0.1) is 0 Å². The zero-order valence-corrected chi connectivity index (χ0v) is 16.5. The number of hydrogen-bond donors (Lipinski definition) is 0. The summed E-state index contributed by atoms with van der Waals surface area (Å²) in [4.78, 5) is 32.0. The lowest BCUT2D eigenvalue weighted by Gasteiger charge is -2.35. The quantitative estimate of drug-likeness (QED) is 0.669. The number of rotatable bonds is 5. The van der Waals surface area contributed by atoms with Crippen LogP contribution < -0.4 is 9.80 Å². The lowest BCUT2D eigenvalue weighted by molar-refractivity contribution is 0.0740. The molecule has 1 saturated heterocycles. The van der Waals surface area contributed by atoms with Crippen LogP contribution in [-0.4, -0.2) is 59.0 Å². The van der Waals surface area contributed by atoms with Gasteiger partial charge in [-0.1, -0.05) is 36.4 Å². The Morgan fingerprint density at radius 1 is 0.966 bits per heavy atom. The van der Waals surface area contributed by atoms with Crippen molar-refractivity contribution in [2.75, 3.05) is 43.0 Å². The molecule has 4 rings (SSSR count). The largest absolute Gasteiger partial charge is 0.355 e. The summed E-state index contributed by atoms with van der Waals surface area (Å²) in [6.07, 6.45) is 3.26. The third-order valence-corrected chi connectivity index (χ3v) is 5.07. The zero-order valence-electron chi connectivity index (χ0n) is 16.5. The molecule has 3 aromatic rings. The lowest BCUT2D eigenvalue weighted by atomic mass is 10.2. The summed E-state index contributed by atoms with van der Waals surface area (Å²) in [6, 6.07) is 17.8. The van der Waals surface area contributed by atoms with E-state index in [0.717, 1.165) is 24.7 Å². The second kappa shape index (κ2) is 8.68. The second-order valence-corrected chi connectivity index (χ2v) is 7.07. The van der Waals surface area contributed by atoms with Crippen molar-refractivity contribution in [3.63, 3.8) is 0 Å². The fourth-order valence-corrected chi connectivity index (χ4v) is 3.45. The normalized spacial score (nSPS) is 14.0. The van der Waals surface area contributed by atoms with Crippen molar-refractivity contribution >= 4 is 17.5 Å². The Labute approximate surface area is 170 Å². The maximum absolute atomic E-state index is 13.0. The maximum Gasteiger partial charge on any atom is 0.272 e. The van der Waals surface area contributed by atoms with E-state index in [-0.39, 0.29) is 5.91 Å². The van der Waals surface area contributed by atoms with E-state index in [1.165, 1.54) is 11.9 Å². The summed E-state index contributed by atoms with van der Waals surface area (Å²) in [5, 5.41) is 0. The Bertz CT molecular complexity index is 942. The molecule has 0 saturated carbocycles. The second-order valence-electron chi connectivity index (χ2n) is 7.07.